The fourth-order valence-corrected chi connectivity index (χ4v) is 3.45. The largest absolute Gasteiger partial charge is 0.497 e. The quantitative estimate of drug-likeness (QED) is 0.546. The van der Waals surface area contributed by atoms with Crippen LogP contribution in [0.2, 0.25) is 0 Å². The van der Waals surface area contributed by atoms with Gasteiger partial charge in [0.05, 0.1) is 30.5 Å². The number of rotatable bonds is 9. The minimum Gasteiger partial charge on any atom is -0.497 e. The number of methoxy groups -OCH3 is 2. The molecule has 3 aromatic rings. The first-order valence-electron chi connectivity index (χ1n) is 9.78. The molecular weight excluding hydrogens is 382 g/mol. The number of hydrogen-bond donors (Lipinski definition) is 1. The van der Waals surface area contributed by atoms with E-state index in [1.165, 1.54) is 0 Å². The van der Waals surface area contributed by atoms with E-state index >= 15 is 0 Å². The average molecular weight is 409 g/mol. The van der Waals surface area contributed by atoms with Gasteiger partial charge in [0.1, 0.15) is 17.6 Å². The van der Waals surface area contributed by atoms with Crippen molar-refractivity contribution in [3.63, 3.8) is 0 Å². The summed E-state index contributed by atoms with van der Waals surface area (Å²) >= 11 is 0. The van der Waals surface area contributed by atoms with Crippen molar-refractivity contribution in [1.29, 1.82) is 5.26 Å². The highest BCUT2D eigenvalue weighted by molar-refractivity contribution is 5.95. The van der Waals surface area contributed by atoms with Crippen LogP contribution in [0.15, 0.2) is 42.5 Å². The van der Waals surface area contributed by atoms with Gasteiger partial charge >= 0.3 is 0 Å². The molecule has 1 unspecified atom stereocenters. The Morgan fingerprint density at radius 1 is 1.13 bits per heavy atom. The molecule has 0 amide bonds. The molecule has 158 valence electrons. The van der Waals surface area contributed by atoms with Crippen molar-refractivity contribution < 1.29 is 19.3 Å². The van der Waals surface area contributed by atoms with Crippen LogP contribution in [-0.2, 0) is 11.3 Å². The lowest BCUT2D eigenvalue weighted by Crippen LogP contribution is -2.38. The van der Waals surface area contributed by atoms with Crippen LogP contribution >= 0.6 is 0 Å². The zero-order valence-corrected chi connectivity index (χ0v) is 17.8. The third kappa shape index (κ3) is 4.26. The van der Waals surface area contributed by atoms with Gasteiger partial charge in [-0.15, -0.1) is 0 Å². The summed E-state index contributed by atoms with van der Waals surface area (Å²) < 4.78 is 18.1. The van der Waals surface area contributed by atoms with Crippen LogP contribution in [0.4, 0.5) is 0 Å². The number of nitrogens with zero attached hydrogens (tertiary/aromatic N) is 3. The zero-order chi connectivity index (χ0) is 21.7. The number of aliphatic hydroxyl groups excluding tert-OH is 1. The van der Waals surface area contributed by atoms with Crippen molar-refractivity contribution in [3.05, 3.63) is 48.0 Å². The van der Waals surface area contributed by atoms with Crippen molar-refractivity contribution in [1.82, 2.24) is 9.47 Å². The second-order valence-electron chi connectivity index (χ2n) is 6.90. The van der Waals surface area contributed by atoms with Crippen LogP contribution in [-0.4, -0.2) is 55.4 Å². The SMILES string of the molecule is CCn1c(-c2ccc(OC(O)N(C)CCOC)cc2)c(C#N)c2ccc(OC)cc21. The highest BCUT2D eigenvalue weighted by atomic mass is 16.6. The molecule has 1 aromatic heterocycles. The Labute approximate surface area is 176 Å². The van der Waals surface area contributed by atoms with Gasteiger partial charge in [-0.3, -0.25) is 0 Å². The summed E-state index contributed by atoms with van der Waals surface area (Å²) in [5, 5.41) is 20.9. The minimum absolute atomic E-state index is 0.499. The fourth-order valence-electron chi connectivity index (χ4n) is 3.45. The van der Waals surface area contributed by atoms with Gasteiger partial charge in [-0.1, -0.05) is 0 Å². The predicted octanol–water partition coefficient (Wildman–Crippen LogP) is 3.44. The summed E-state index contributed by atoms with van der Waals surface area (Å²) in [7, 11) is 5.00. The summed E-state index contributed by atoms with van der Waals surface area (Å²) in [6, 6.07) is 15.5. The van der Waals surface area contributed by atoms with E-state index in [2.05, 4.69) is 10.6 Å². The highest BCUT2D eigenvalue weighted by Crippen LogP contribution is 2.35. The number of aromatic nitrogens is 1. The molecule has 2 aromatic carbocycles. The molecule has 0 bridgehead atoms. The maximum absolute atomic E-state index is 10.2. The Morgan fingerprint density at radius 2 is 1.83 bits per heavy atom. The van der Waals surface area contributed by atoms with Crippen molar-refractivity contribution in [2.24, 2.45) is 0 Å². The first-order valence-corrected chi connectivity index (χ1v) is 9.78. The summed E-state index contributed by atoms with van der Waals surface area (Å²) in [5.41, 5.74) is 3.34. The summed E-state index contributed by atoms with van der Waals surface area (Å²) in [6.45, 7) is 3.80. The smallest absolute Gasteiger partial charge is 0.259 e. The zero-order valence-electron chi connectivity index (χ0n) is 17.8. The van der Waals surface area contributed by atoms with Gasteiger partial charge in [-0.25, -0.2) is 4.90 Å². The lowest BCUT2D eigenvalue weighted by molar-refractivity contribution is -0.128. The number of nitriles is 1. The third-order valence-corrected chi connectivity index (χ3v) is 5.09. The van der Waals surface area contributed by atoms with E-state index in [1.54, 1.807) is 38.3 Å². The molecular formula is C23H27N3O4. The molecule has 3 rings (SSSR count). The number of aryl methyl sites for hydroxylation is 1. The Morgan fingerprint density at radius 3 is 2.43 bits per heavy atom. The van der Waals surface area contributed by atoms with Crippen LogP contribution < -0.4 is 9.47 Å². The average Bonchev–Trinajstić information content (AvgIpc) is 3.10. The molecule has 0 saturated heterocycles. The number of hydrogen-bond acceptors (Lipinski definition) is 6. The van der Waals surface area contributed by atoms with Gasteiger partial charge in [-0.05, 0) is 55.9 Å². The monoisotopic (exact) mass is 409 g/mol. The molecule has 30 heavy (non-hydrogen) atoms. The maximum atomic E-state index is 10.2. The van der Waals surface area contributed by atoms with E-state index in [9.17, 15) is 10.4 Å². The van der Waals surface area contributed by atoms with E-state index in [-0.39, 0.29) is 0 Å². The van der Waals surface area contributed by atoms with Crippen LogP contribution in [0, 0.1) is 11.3 Å². The minimum atomic E-state index is -1.07. The van der Waals surface area contributed by atoms with E-state index in [0.29, 0.717) is 31.0 Å². The normalized spacial score (nSPS) is 12.2. The second kappa shape index (κ2) is 9.63. The Bertz CT molecular complexity index is 1040. The molecule has 0 aliphatic heterocycles. The molecule has 0 aliphatic carbocycles. The lowest BCUT2D eigenvalue weighted by Gasteiger charge is -2.23. The van der Waals surface area contributed by atoms with Gasteiger partial charge in [-0.2, -0.15) is 5.26 Å². The van der Waals surface area contributed by atoms with Crippen molar-refractivity contribution in [2.45, 2.75) is 19.9 Å². The number of aliphatic hydroxyl groups is 1. The molecule has 0 saturated carbocycles. The Balaban J connectivity index is 1.93. The first-order chi connectivity index (χ1) is 14.5. The van der Waals surface area contributed by atoms with Gasteiger partial charge in [0.25, 0.3) is 6.41 Å². The van der Waals surface area contributed by atoms with Crippen LogP contribution in [0.5, 0.6) is 11.5 Å². The lowest BCUT2D eigenvalue weighted by atomic mass is 10.1. The first kappa shape index (κ1) is 21.7. The molecule has 0 fully saturated rings. The predicted molar refractivity (Wildman–Crippen MR) is 115 cm³/mol. The van der Waals surface area contributed by atoms with Gasteiger partial charge in [0.15, 0.2) is 0 Å². The van der Waals surface area contributed by atoms with Gasteiger partial charge in [0.2, 0.25) is 0 Å². The van der Waals surface area contributed by atoms with Crippen molar-refractivity contribution in [2.75, 3.05) is 34.4 Å². The fraction of sp³-hybridized carbons (Fsp3) is 0.348. The Hall–Kier alpha value is -3.05. The standard InChI is InChI=1S/C23H27N3O4/c1-5-26-21-14-18(29-4)10-11-19(21)20(15-24)22(26)16-6-8-17(9-7-16)30-23(27)25(2)12-13-28-3/h6-11,14,23,27H,5,12-13H2,1-4H3. The molecule has 1 atom stereocenters. The number of likely N-dealkylation sites (N-methyl/N-ethyl adjacent to an activating group) is 1. The molecule has 0 spiro atoms. The number of ether oxygens (including phenoxy) is 3. The van der Waals surface area contributed by atoms with Crippen molar-refractivity contribution >= 4 is 10.9 Å². The van der Waals surface area contributed by atoms with Crippen LogP contribution in [0.1, 0.15) is 12.5 Å². The highest BCUT2D eigenvalue weighted by Gasteiger charge is 2.19. The molecule has 7 nitrogen and oxygen atoms in total. The van der Waals surface area contributed by atoms with Gasteiger partial charge < -0.3 is 23.9 Å². The Kier molecular flexibility index (Phi) is 6.95. The molecule has 7 heteroatoms. The van der Waals surface area contributed by atoms with E-state index in [0.717, 1.165) is 27.9 Å². The maximum Gasteiger partial charge on any atom is 0.259 e. The molecule has 0 aliphatic rings. The summed E-state index contributed by atoms with van der Waals surface area (Å²) in [6.07, 6.45) is -1.07. The number of fused-ring (bicyclic) bond motifs is 1. The van der Waals surface area contributed by atoms with E-state index in [1.807, 2.05) is 37.3 Å². The summed E-state index contributed by atoms with van der Waals surface area (Å²) in [5.74, 6) is 1.29. The van der Waals surface area contributed by atoms with Crippen LogP contribution in [0.3, 0.4) is 0 Å². The van der Waals surface area contributed by atoms with E-state index in [4.69, 9.17) is 14.2 Å². The molecule has 1 N–H and O–H groups in total. The van der Waals surface area contributed by atoms with Crippen molar-refractivity contribution in [3.8, 4) is 28.8 Å². The topological polar surface area (TPSA) is 79.9 Å². The third-order valence-electron chi connectivity index (χ3n) is 5.09. The van der Waals surface area contributed by atoms with E-state index < -0.39 is 6.41 Å². The second-order valence-corrected chi connectivity index (χ2v) is 6.90. The number of benzene rings is 2. The molecule has 0 radical (unpaired) electrons. The van der Waals surface area contributed by atoms with Gasteiger partial charge in [0, 0.05) is 31.7 Å². The van der Waals surface area contributed by atoms with Crippen LogP contribution in [0.25, 0.3) is 22.2 Å². The molecule has 1 heterocycles. The summed E-state index contributed by atoms with van der Waals surface area (Å²) in [4.78, 5) is 1.65.